The first-order valence-electron chi connectivity index (χ1n) is 7.07. The van der Waals surface area contributed by atoms with Crippen LogP contribution in [0, 0.1) is 0 Å². The third-order valence-corrected chi connectivity index (χ3v) is 2.95. The van der Waals surface area contributed by atoms with Crippen molar-refractivity contribution in [2.45, 2.75) is 6.54 Å². The summed E-state index contributed by atoms with van der Waals surface area (Å²) >= 11 is 0. The molecular weight excluding hydrogens is 294 g/mol. The molecule has 0 saturated heterocycles. The monoisotopic (exact) mass is 309 g/mol. The summed E-state index contributed by atoms with van der Waals surface area (Å²) in [6.07, 6.45) is 3.26. The van der Waals surface area contributed by atoms with Crippen molar-refractivity contribution in [1.82, 2.24) is 19.7 Å². The first-order chi connectivity index (χ1) is 11.3. The molecule has 0 bridgehead atoms. The second-order valence-electron chi connectivity index (χ2n) is 4.74. The van der Waals surface area contributed by atoms with Crippen molar-refractivity contribution in [2.75, 3.05) is 11.9 Å². The van der Waals surface area contributed by atoms with E-state index in [4.69, 9.17) is 4.74 Å². The molecule has 7 heteroatoms. The van der Waals surface area contributed by atoms with Gasteiger partial charge in [0.25, 0.3) is 5.91 Å². The lowest BCUT2D eigenvalue weighted by Gasteiger charge is -2.04. The Bertz CT molecular complexity index is 758. The molecule has 2 aromatic heterocycles. The Balaban J connectivity index is 1.51. The van der Waals surface area contributed by atoms with Crippen LogP contribution in [0.1, 0.15) is 5.69 Å². The SMILES string of the molecule is O=C(COc1ccccc1)Nc1ncn(Cc2ccccn2)n1. The van der Waals surface area contributed by atoms with Gasteiger partial charge in [-0.2, -0.15) is 0 Å². The number of para-hydroxylation sites is 1. The quantitative estimate of drug-likeness (QED) is 0.750. The number of benzene rings is 1. The van der Waals surface area contributed by atoms with Gasteiger partial charge in [0, 0.05) is 6.20 Å². The van der Waals surface area contributed by atoms with Gasteiger partial charge in [-0.15, -0.1) is 5.10 Å². The Morgan fingerprint density at radius 1 is 1.09 bits per heavy atom. The summed E-state index contributed by atoms with van der Waals surface area (Å²) in [5.41, 5.74) is 0.864. The maximum absolute atomic E-state index is 11.8. The van der Waals surface area contributed by atoms with E-state index >= 15 is 0 Å². The number of hydrogen-bond donors (Lipinski definition) is 1. The Morgan fingerprint density at radius 3 is 2.70 bits per heavy atom. The minimum Gasteiger partial charge on any atom is -0.484 e. The molecule has 1 N–H and O–H groups in total. The lowest BCUT2D eigenvalue weighted by atomic mass is 10.3. The standard InChI is InChI=1S/C16H15N5O2/c22-15(11-23-14-7-2-1-3-8-14)19-16-18-12-21(20-16)10-13-6-4-5-9-17-13/h1-9,12H,10-11H2,(H,19,20,22). The first kappa shape index (κ1) is 14.7. The van der Waals surface area contributed by atoms with Crippen LogP contribution in [0.3, 0.4) is 0 Å². The van der Waals surface area contributed by atoms with Crippen LogP contribution in [0.25, 0.3) is 0 Å². The predicted molar refractivity (Wildman–Crippen MR) is 83.9 cm³/mol. The van der Waals surface area contributed by atoms with Gasteiger partial charge in [-0.3, -0.25) is 15.1 Å². The van der Waals surface area contributed by atoms with Gasteiger partial charge < -0.3 is 4.74 Å². The van der Waals surface area contributed by atoms with Crippen molar-refractivity contribution in [3.8, 4) is 5.75 Å². The molecular formula is C16H15N5O2. The van der Waals surface area contributed by atoms with Gasteiger partial charge in [0.1, 0.15) is 12.1 Å². The number of nitrogens with zero attached hydrogens (tertiary/aromatic N) is 4. The first-order valence-corrected chi connectivity index (χ1v) is 7.07. The summed E-state index contributed by atoms with van der Waals surface area (Å²) in [7, 11) is 0. The number of nitrogens with one attached hydrogen (secondary N) is 1. The van der Waals surface area contributed by atoms with Gasteiger partial charge in [0.15, 0.2) is 6.61 Å². The highest BCUT2D eigenvalue weighted by Gasteiger charge is 2.08. The highest BCUT2D eigenvalue weighted by atomic mass is 16.5. The minimum atomic E-state index is -0.315. The van der Waals surface area contributed by atoms with Gasteiger partial charge in [-0.1, -0.05) is 24.3 Å². The van der Waals surface area contributed by atoms with Crippen molar-refractivity contribution in [1.29, 1.82) is 0 Å². The van der Waals surface area contributed by atoms with E-state index in [1.54, 1.807) is 29.3 Å². The van der Waals surface area contributed by atoms with E-state index in [-0.39, 0.29) is 18.5 Å². The smallest absolute Gasteiger partial charge is 0.264 e. The molecule has 0 unspecified atom stereocenters. The molecule has 0 aliphatic rings. The highest BCUT2D eigenvalue weighted by molar-refractivity contribution is 5.90. The second kappa shape index (κ2) is 7.17. The van der Waals surface area contributed by atoms with Crippen LogP contribution in [0.5, 0.6) is 5.75 Å². The number of ether oxygens (including phenoxy) is 1. The molecule has 1 amide bonds. The van der Waals surface area contributed by atoms with Gasteiger partial charge in [0.2, 0.25) is 5.95 Å². The number of carbonyl (C=O) groups is 1. The minimum absolute atomic E-state index is 0.0984. The zero-order chi connectivity index (χ0) is 15.9. The Morgan fingerprint density at radius 2 is 1.91 bits per heavy atom. The van der Waals surface area contributed by atoms with Crippen molar-refractivity contribution >= 4 is 11.9 Å². The predicted octanol–water partition coefficient (Wildman–Crippen LogP) is 1.74. The van der Waals surface area contributed by atoms with Crippen LogP contribution in [0.2, 0.25) is 0 Å². The lowest BCUT2D eigenvalue weighted by Crippen LogP contribution is -2.21. The molecule has 0 radical (unpaired) electrons. The summed E-state index contributed by atoms with van der Waals surface area (Å²) < 4.78 is 6.97. The van der Waals surface area contributed by atoms with Crippen LogP contribution < -0.4 is 10.1 Å². The van der Waals surface area contributed by atoms with Crippen LogP contribution in [-0.4, -0.2) is 32.3 Å². The summed E-state index contributed by atoms with van der Waals surface area (Å²) in [5.74, 6) is 0.559. The zero-order valence-electron chi connectivity index (χ0n) is 12.3. The van der Waals surface area contributed by atoms with Crippen molar-refractivity contribution in [3.63, 3.8) is 0 Å². The maximum atomic E-state index is 11.8. The normalized spacial score (nSPS) is 10.3. The van der Waals surface area contributed by atoms with Crippen LogP contribution in [0.4, 0.5) is 5.95 Å². The molecule has 3 rings (SSSR count). The van der Waals surface area contributed by atoms with Gasteiger partial charge in [0.05, 0.1) is 12.2 Å². The molecule has 1 aromatic carbocycles. The Hall–Kier alpha value is -3.22. The largest absolute Gasteiger partial charge is 0.484 e. The molecule has 0 fully saturated rings. The third-order valence-electron chi connectivity index (χ3n) is 2.95. The lowest BCUT2D eigenvalue weighted by molar-refractivity contribution is -0.118. The average Bonchev–Trinajstić information content (AvgIpc) is 3.02. The van der Waals surface area contributed by atoms with Crippen LogP contribution >= 0.6 is 0 Å². The molecule has 2 heterocycles. The van der Waals surface area contributed by atoms with E-state index in [2.05, 4.69) is 20.4 Å². The summed E-state index contributed by atoms with van der Waals surface area (Å²) in [5, 5.41) is 6.77. The zero-order valence-corrected chi connectivity index (χ0v) is 12.3. The van der Waals surface area contributed by atoms with Crippen LogP contribution in [0.15, 0.2) is 61.1 Å². The fourth-order valence-electron chi connectivity index (χ4n) is 1.91. The average molecular weight is 309 g/mol. The number of aromatic nitrogens is 4. The topological polar surface area (TPSA) is 81.9 Å². The summed E-state index contributed by atoms with van der Waals surface area (Å²) in [6, 6.07) is 14.8. The van der Waals surface area contributed by atoms with Crippen molar-refractivity contribution < 1.29 is 9.53 Å². The number of carbonyl (C=O) groups excluding carboxylic acids is 1. The fraction of sp³-hybridized carbons (Fsp3) is 0.125. The Kier molecular flexibility index (Phi) is 4.58. The maximum Gasteiger partial charge on any atom is 0.264 e. The van der Waals surface area contributed by atoms with E-state index in [0.29, 0.717) is 12.3 Å². The molecule has 0 aliphatic carbocycles. The number of amides is 1. The highest BCUT2D eigenvalue weighted by Crippen LogP contribution is 2.08. The molecule has 0 aliphatic heterocycles. The number of rotatable bonds is 6. The number of hydrogen-bond acceptors (Lipinski definition) is 5. The molecule has 7 nitrogen and oxygen atoms in total. The summed E-state index contributed by atoms with van der Waals surface area (Å²) in [4.78, 5) is 20.1. The Labute approximate surface area is 133 Å². The molecule has 0 atom stereocenters. The van der Waals surface area contributed by atoms with E-state index < -0.39 is 0 Å². The van der Waals surface area contributed by atoms with E-state index in [1.807, 2.05) is 36.4 Å². The second-order valence-corrected chi connectivity index (χ2v) is 4.74. The van der Waals surface area contributed by atoms with Gasteiger partial charge in [-0.05, 0) is 24.3 Å². The fourth-order valence-corrected chi connectivity index (χ4v) is 1.91. The van der Waals surface area contributed by atoms with Crippen molar-refractivity contribution in [3.05, 3.63) is 66.7 Å². The molecule has 3 aromatic rings. The van der Waals surface area contributed by atoms with E-state index in [1.165, 1.54) is 0 Å². The molecule has 23 heavy (non-hydrogen) atoms. The van der Waals surface area contributed by atoms with E-state index in [9.17, 15) is 4.79 Å². The molecule has 116 valence electrons. The third kappa shape index (κ3) is 4.37. The van der Waals surface area contributed by atoms with Crippen molar-refractivity contribution in [2.24, 2.45) is 0 Å². The van der Waals surface area contributed by atoms with Gasteiger partial charge in [-0.25, -0.2) is 9.67 Å². The molecule has 0 saturated carbocycles. The van der Waals surface area contributed by atoms with E-state index in [0.717, 1.165) is 5.69 Å². The molecule has 0 spiro atoms. The summed E-state index contributed by atoms with van der Waals surface area (Å²) in [6.45, 7) is 0.392. The van der Waals surface area contributed by atoms with Gasteiger partial charge >= 0.3 is 0 Å². The van der Waals surface area contributed by atoms with Crippen LogP contribution in [-0.2, 0) is 11.3 Å². The number of pyridine rings is 1. The number of anilines is 1.